The lowest BCUT2D eigenvalue weighted by Gasteiger charge is -2.10. The number of benzene rings is 2. The Kier molecular flexibility index (Phi) is 6.63. The molecule has 0 radical (unpaired) electrons. The molecule has 2 aromatic rings. The number of ether oxygens (including phenoxy) is 3. The van der Waals surface area contributed by atoms with Crippen LogP contribution in [0.4, 0.5) is 11.4 Å². The van der Waals surface area contributed by atoms with Gasteiger partial charge in [-0.1, -0.05) is 12.1 Å². The Morgan fingerprint density at radius 3 is 2.11 bits per heavy atom. The minimum absolute atomic E-state index is 0.0281. The molecule has 0 fully saturated rings. The summed E-state index contributed by atoms with van der Waals surface area (Å²) in [6.07, 6.45) is 0. The first-order chi connectivity index (χ1) is 13.3. The lowest BCUT2D eigenvalue weighted by atomic mass is 10.1. The highest BCUT2D eigenvalue weighted by molar-refractivity contribution is 5.99. The Hall–Kier alpha value is -3.95. The van der Waals surface area contributed by atoms with Crippen LogP contribution in [0.3, 0.4) is 0 Å². The van der Waals surface area contributed by atoms with Gasteiger partial charge in [0, 0.05) is 11.8 Å². The van der Waals surface area contributed by atoms with Crippen molar-refractivity contribution in [2.45, 2.75) is 0 Å². The van der Waals surface area contributed by atoms with Gasteiger partial charge in [0.2, 0.25) is 0 Å². The number of hydrogen-bond acceptors (Lipinski definition) is 8. The van der Waals surface area contributed by atoms with Gasteiger partial charge in [0.25, 0.3) is 5.91 Å². The Bertz CT molecular complexity index is 891. The predicted molar refractivity (Wildman–Crippen MR) is 96.3 cm³/mol. The molecule has 0 saturated heterocycles. The molecule has 2 aromatic carbocycles. The van der Waals surface area contributed by atoms with E-state index in [1.54, 1.807) is 0 Å². The van der Waals surface area contributed by atoms with E-state index in [9.17, 15) is 24.5 Å². The number of nitro groups is 1. The molecule has 146 valence electrons. The van der Waals surface area contributed by atoms with Crippen molar-refractivity contribution in [3.8, 4) is 5.75 Å². The van der Waals surface area contributed by atoms with Crippen LogP contribution in [0, 0.1) is 10.1 Å². The van der Waals surface area contributed by atoms with E-state index in [0.717, 1.165) is 0 Å². The molecule has 0 aromatic heterocycles. The van der Waals surface area contributed by atoms with Crippen LogP contribution < -0.4 is 10.1 Å². The van der Waals surface area contributed by atoms with Crippen molar-refractivity contribution >= 4 is 29.2 Å². The number of nitrogens with zero attached hydrogens (tertiary/aromatic N) is 1. The van der Waals surface area contributed by atoms with Crippen molar-refractivity contribution in [3.05, 3.63) is 63.7 Å². The van der Waals surface area contributed by atoms with Gasteiger partial charge in [-0.2, -0.15) is 0 Å². The maximum absolute atomic E-state index is 12.1. The van der Waals surface area contributed by atoms with Crippen LogP contribution >= 0.6 is 0 Å². The van der Waals surface area contributed by atoms with E-state index in [-0.39, 0.29) is 28.3 Å². The van der Waals surface area contributed by atoms with E-state index in [2.05, 4.69) is 14.8 Å². The molecule has 0 aliphatic carbocycles. The maximum Gasteiger partial charge on any atom is 0.337 e. The van der Waals surface area contributed by atoms with Gasteiger partial charge in [-0.15, -0.1) is 0 Å². The van der Waals surface area contributed by atoms with E-state index in [1.807, 2.05) is 0 Å². The molecule has 0 aliphatic rings. The molecule has 0 bridgehead atoms. The highest BCUT2D eigenvalue weighted by Crippen LogP contribution is 2.25. The van der Waals surface area contributed by atoms with Gasteiger partial charge < -0.3 is 19.5 Å². The third kappa shape index (κ3) is 5.04. The number of esters is 2. The fourth-order valence-electron chi connectivity index (χ4n) is 2.24. The van der Waals surface area contributed by atoms with Crippen LogP contribution in [0.2, 0.25) is 0 Å². The average Bonchev–Trinajstić information content (AvgIpc) is 2.70. The van der Waals surface area contributed by atoms with Crippen molar-refractivity contribution in [3.63, 3.8) is 0 Å². The molecule has 0 atom stereocenters. The molecule has 2 rings (SSSR count). The van der Waals surface area contributed by atoms with Crippen LogP contribution in [-0.4, -0.2) is 43.6 Å². The lowest BCUT2D eigenvalue weighted by molar-refractivity contribution is -0.385. The molecule has 28 heavy (non-hydrogen) atoms. The summed E-state index contributed by atoms with van der Waals surface area (Å²) >= 11 is 0. The van der Waals surface area contributed by atoms with E-state index in [0.29, 0.717) is 0 Å². The molecule has 1 N–H and O–H groups in total. The summed E-state index contributed by atoms with van der Waals surface area (Å²) in [5.74, 6) is -2.15. The number of rotatable bonds is 7. The highest BCUT2D eigenvalue weighted by atomic mass is 16.6. The van der Waals surface area contributed by atoms with E-state index >= 15 is 0 Å². The average molecular weight is 388 g/mol. The van der Waals surface area contributed by atoms with Crippen LogP contribution in [0.1, 0.15) is 20.7 Å². The number of anilines is 1. The quantitative estimate of drug-likeness (QED) is 0.433. The van der Waals surface area contributed by atoms with Gasteiger partial charge >= 0.3 is 17.6 Å². The van der Waals surface area contributed by atoms with Gasteiger partial charge in [-0.3, -0.25) is 14.9 Å². The van der Waals surface area contributed by atoms with Crippen LogP contribution in [-0.2, 0) is 14.3 Å². The number of para-hydroxylation sites is 2. The Morgan fingerprint density at radius 2 is 1.57 bits per heavy atom. The van der Waals surface area contributed by atoms with Crippen molar-refractivity contribution in [2.75, 3.05) is 26.1 Å². The minimum Gasteiger partial charge on any atom is -0.477 e. The first-order valence-corrected chi connectivity index (χ1v) is 7.83. The summed E-state index contributed by atoms with van der Waals surface area (Å²) in [7, 11) is 2.35. The SMILES string of the molecule is COC(=O)c1cc(NC(=O)COc2ccccc2[N+](=O)[O-])cc(C(=O)OC)c1. The highest BCUT2D eigenvalue weighted by Gasteiger charge is 2.17. The third-order valence-electron chi connectivity index (χ3n) is 3.48. The Labute approximate surface area is 159 Å². The second-order valence-corrected chi connectivity index (χ2v) is 5.34. The zero-order chi connectivity index (χ0) is 20.7. The molecule has 10 nitrogen and oxygen atoms in total. The zero-order valence-corrected chi connectivity index (χ0v) is 15.0. The number of carbonyl (C=O) groups is 3. The third-order valence-corrected chi connectivity index (χ3v) is 3.48. The number of hydrogen-bond donors (Lipinski definition) is 1. The van der Waals surface area contributed by atoms with Gasteiger partial charge in [0.05, 0.1) is 30.3 Å². The van der Waals surface area contributed by atoms with E-state index in [1.165, 1.54) is 56.7 Å². The number of methoxy groups -OCH3 is 2. The number of nitrogens with one attached hydrogen (secondary N) is 1. The molecule has 0 saturated carbocycles. The van der Waals surface area contributed by atoms with Gasteiger partial charge in [0.15, 0.2) is 12.4 Å². The molecule has 0 unspecified atom stereocenters. The van der Waals surface area contributed by atoms with Crippen molar-refractivity contribution < 1.29 is 33.5 Å². The number of amides is 1. The number of nitro benzene ring substituents is 1. The molecular formula is C18H16N2O8. The number of carbonyl (C=O) groups excluding carboxylic acids is 3. The second-order valence-electron chi connectivity index (χ2n) is 5.34. The van der Waals surface area contributed by atoms with Crippen LogP contribution in [0.15, 0.2) is 42.5 Å². The Morgan fingerprint density at radius 1 is 1.00 bits per heavy atom. The molecule has 0 heterocycles. The summed E-state index contributed by atoms with van der Waals surface area (Å²) in [5.41, 5.74) is -0.101. The fourth-order valence-corrected chi connectivity index (χ4v) is 2.24. The molecule has 10 heteroatoms. The second kappa shape index (κ2) is 9.12. The fraction of sp³-hybridized carbons (Fsp3) is 0.167. The van der Waals surface area contributed by atoms with E-state index in [4.69, 9.17) is 4.74 Å². The standard InChI is InChI=1S/C18H16N2O8/c1-26-17(22)11-7-12(18(23)27-2)9-13(8-11)19-16(21)10-28-15-6-4-3-5-14(15)20(24)25/h3-9H,10H2,1-2H3,(H,19,21). The molecule has 1 amide bonds. The monoisotopic (exact) mass is 388 g/mol. The minimum atomic E-state index is -0.711. The van der Waals surface area contributed by atoms with Crippen LogP contribution in [0.5, 0.6) is 5.75 Å². The summed E-state index contributed by atoms with van der Waals surface area (Å²) in [6.45, 7) is -0.527. The molecule has 0 spiro atoms. The summed E-state index contributed by atoms with van der Waals surface area (Å²) in [5, 5.41) is 13.4. The summed E-state index contributed by atoms with van der Waals surface area (Å²) < 4.78 is 14.4. The normalized spacial score (nSPS) is 9.93. The van der Waals surface area contributed by atoms with Crippen LogP contribution in [0.25, 0.3) is 0 Å². The van der Waals surface area contributed by atoms with Gasteiger partial charge in [0.1, 0.15) is 0 Å². The molecule has 0 aliphatic heterocycles. The summed E-state index contributed by atoms with van der Waals surface area (Å²) in [4.78, 5) is 46.0. The van der Waals surface area contributed by atoms with Crippen molar-refractivity contribution in [1.82, 2.24) is 0 Å². The maximum atomic E-state index is 12.1. The first kappa shape index (κ1) is 20.4. The molecular weight excluding hydrogens is 372 g/mol. The van der Waals surface area contributed by atoms with E-state index < -0.39 is 29.4 Å². The predicted octanol–water partition coefficient (Wildman–Crippen LogP) is 2.19. The van der Waals surface area contributed by atoms with Crippen molar-refractivity contribution in [2.24, 2.45) is 0 Å². The van der Waals surface area contributed by atoms with Gasteiger partial charge in [-0.25, -0.2) is 9.59 Å². The Balaban J connectivity index is 2.16. The van der Waals surface area contributed by atoms with Crippen molar-refractivity contribution in [1.29, 1.82) is 0 Å². The lowest BCUT2D eigenvalue weighted by Crippen LogP contribution is -2.21. The largest absolute Gasteiger partial charge is 0.477 e. The van der Waals surface area contributed by atoms with Gasteiger partial charge in [-0.05, 0) is 24.3 Å². The smallest absolute Gasteiger partial charge is 0.337 e. The zero-order valence-electron chi connectivity index (χ0n) is 15.0. The first-order valence-electron chi connectivity index (χ1n) is 7.83. The summed E-state index contributed by atoms with van der Waals surface area (Å²) in [6, 6.07) is 9.48. The topological polar surface area (TPSA) is 134 Å².